The zero-order valence-corrected chi connectivity index (χ0v) is 24.0. The molecule has 3 aromatic rings. The van der Waals surface area contributed by atoms with E-state index < -0.39 is 11.7 Å². The van der Waals surface area contributed by atoms with Crippen LogP contribution in [0.3, 0.4) is 0 Å². The van der Waals surface area contributed by atoms with Gasteiger partial charge in [-0.1, -0.05) is 6.08 Å². The van der Waals surface area contributed by atoms with E-state index in [1.807, 2.05) is 17.9 Å². The van der Waals surface area contributed by atoms with Gasteiger partial charge in [-0.15, -0.1) is 5.10 Å². The lowest BCUT2D eigenvalue weighted by Gasteiger charge is -2.34. The van der Waals surface area contributed by atoms with E-state index in [0.717, 1.165) is 17.8 Å². The number of nitrogens with two attached hydrogens (primary N) is 1. The van der Waals surface area contributed by atoms with E-state index in [1.165, 1.54) is 6.08 Å². The van der Waals surface area contributed by atoms with Crippen molar-refractivity contribution in [3.8, 4) is 11.4 Å². The Morgan fingerprint density at radius 3 is 2.65 bits per heavy atom. The fraction of sp³-hybridized carbons (Fsp3) is 0.464. The van der Waals surface area contributed by atoms with Crippen molar-refractivity contribution in [3.63, 3.8) is 0 Å². The fourth-order valence-corrected chi connectivity index (χ4v) is 5.27. The second kappa shape index (κ2) is 12.6. The second-order valence-electron chi connectivity index (χ2n) is 10.6. The highest BCUT2D eigenvalue weighted by atomic mass is 19.4. The van der Waals surface area contributed by atoms with Crippen molar-refractivity contribution in [2.24, 2.45) is 0 Å². The van der Waals surface area contributed by atoms with Crippen LogP contribution in [0.25, 0.3) is 16.9 Å². The van der Waals surface area contributed by atoms with Crippen molar-refractivity contribution >= 4 is 29.0 Å². The molecule has 0 aromatic carbocycles. The predicted molar refractivity (Wildman–Crippen MR) is 153 cm³/mol. The third kappa shape index (κ3) is 6.88. The van der Waals surface area contributed by atoms with Crippen molar-refractivity contribution in [2.45, 2.75) is 32.6 Å². The molecule has 2 aliphatic heterocycles. The highest BCUT2D eigenvalue weighted by Gasteiger charge is 2.36. The number of hydrogen-bond acceptors (Lipinski definition) is 9. The normalized spacial score (nSPS) is 18.5. The summed E-state index contributed by atoms with van der Waals surface area (Å²) in [4.78, 5) is 38.6. The zero-order valence-electron chi connectivity index (χ0n) is 24.0. The topological polar surface area (TPSA) is 134 Å². The van der Waals surface area contributed by atoms with E-state index in [-0.39, 0.29) is 41.6 Å². The van der Waals surface area contributed by atoms with Crippen LogP contribution in [0.5, 0.6) is 0 Å². The fourth-order valence-electron chi connectivity index (χ4n) is 5.27. The quantitative estimate of drug-likeness (QED) is 0.390. The number of nitrogens with zero attached hydrogens (tertiary/aromatic N) is 7. The van der Waals surface area contributed by atoms with E-state index in [2.05, 4.69) is 25.3 Å². The first kappa shape index (κ1) is 30.2. The summed E-state index contributed by atoms with van der Waals surface area (Å²) in [7, 11) is 0. The molecule has 5 heterocycles. The number of rotatable bonds is 7. The van der Waals surface area contributed by atoms with Crippen LogP contribution in [0.1, 0.15) is 25.0 Å². The Kier molecular flexibility index (Phi) is 8.82. The first-order chi connectivity index (χ1) is 20.5. The molecule has 1 atom stereocenters. The van der Waals surface area contributed by atoms with Gasteiger partial charge in [0.1, 0.15) is 11.3 Å². The molecular weight excluding hydrogens is 567 g/mol. The molecule has 2 amide bonds. The number of fused-ring (bicyclic) bond motifs is 1. The van der Waals surface area contributed by atoms with Crippen LogP contribution in [0, 0.1) is 0 Å². The Morgan fingerprint density at radius 1 is 1.19 bits per heavy atom. The summed E-state index contributed by atoms with van der Waals surface area (Å²) < 4.78 is 49.1. The highest BCUT2D eigenvalue weighted by molar-refractivity contribution is 5.91. The number of amides is 2. The minimum Gasteiger partial charge on any atom is -0.384 e. The van der Waals surface area contributed by atoms with E-state index in [4.69, 9.17) is 10.5 Å². The minimum absolute atomic E-state index is 0.0568. The number of alkyl halides is 3. The van der Waals surface area contributed by atoms with Crippen LogP contribution in [0.2, 0.25) is 0 Å². The number of nitrogen functional groups attached to an aromatic ring is 1. The second-order valence-corrected chi connectivity index (χ2v) is 10.6. The van der Waals surface area contributed by atoms with Crippen LogP contribution in [-0.4, -0.2) is 99.7 Å². The predicted octanol–water partition coefficient (Wildman–Crippen LogP) is 1.95. The van der Waals surface area contributed by atoms with Crippen molar-refractivity contribution in [3.05, 3.63) is 47.8 Å². The van der Waals surface area contributed by atoms with E-state index in [9.17, 15) is 22.8 Å². The van der Waals surface area contributed by atoms with Gasteiger partial charge < -0.3 is 25.6 Å². The van der Waals surface area contributed by atoms with Crippen molar-refractivity contribution in [1.82, 2.24) is 34.7 Å². The van der Waals surface area contributed by atoms with Gasteiger partial charge in [0, 0.05) is 51.7 Å². The number of hydrogen-bond donors (Lipinski definition) is 2. The van der Waals surface area contributed by atoms with Gasteiger partial charge in [0.05, 0.1) is 36.9 Å². The number of aromatic nitrogens is 4. The molecule has 0 spiro atoms. The molecular formula is C28H34F3N9O3. The first-order valence-electron chi connectivity index (χ1n) is 14.0. The monoisotopic (exact) mass is 601 g/mol. The molecule has 43 heavy (non-hydrogen) atoms. The number of nitrogens with one attached hydrogen (secondary N) is 1. The van der Waals surface area contributed by atoms with Gasteiger partial charge in [0.2, 0.25) is 11.8 Å². The van der Waals surface area contributed by atoms with Crippen LogP contribution >= 0.6 is 0 Å². The number of halogens is 3. The highest BCUT2D eigenvalue weighted by Crippen LogP contribution is 2.37. The Labute approximate surface area is 246 Å². The Balaban J connectivity index is 1.39. The number of morpholine rings is 1. The molecule has 0 radical (unpaired) electrons. The van der Waals surface area contributed by atoms with E-state index >= 15 is 0 Å². The first-order valence-corrected chi connectivity index (χ1v) is 14.0. The van der Waals surface area contributed by atoms with Gasteiger partial charge >= 0.3 is 6.18 Å². The largest absolute Gasteiger partial charge is 0.417 e. The molecule has 15 heteroatoms. The van der Waals surface area contributed by atoms with Crippen molar-refractivity contribution in [1.29, 1.82) is 0 Å². The molecule has 0 saturated carbocycles. The maximum Gasteiger partial charge on any atom is 0.417 e. The lowest BCUT2D eigenvalue weighted by Crippen LogP contribution is -2.50. The summed E-state index contributed by atoms with van der Waals surface area (Å²) in [5, 5.41) is 7.06. The van der Waals surface area contributed by atoms with Crippen molar-refractivity contribution < 1.29 is 27.5 Å². The number of ether oxygens (including phenoxy) is 1. The maximum absolute atomic E-state index is 14.0. The van der Waals surface area contributed by atoms with Gasteiger partial charge in [-0.25, -0.2) is 14.5 Å². The lowest BCUT2D eigenvalue weighted by molar-refractivity contribution is -0.137. The lowest BCUT2D eigenvalue weighted by atomic mass is 10.1. The summed E-state index contributed by atoms with van der Waals surface area (Å²) in [6.07, 6.45) is 1.15. The number of carbonyl (C=O) groups is 2. The minimum atomic E-state index is -4.68. The molecule has 5 rings (SSSR count). The molecule has 230 valence electrons. The molecule has 3 N–H and O–H groups in total. The number of allylic oxidation sites excluding steroid dienone is 1. The molecule has 0 aliphatic carbocycles. The molecule has 3 aromatic heterocycles. The van der Waals surface area contributed by atoms with Crippen LogP contribution in [0.15, 0.2) is 36.7 Å². The summed E-state index contributed by atoms with van der Waals surface area (Å²) in [6.45, 7) is 7.89. The molecule has 2 aliphatic rings. The zero-order chi connectivity index (χ0) is 30.7. The molecule has 2 fully saturated rings. The van der Waals surface area contributed by atoms with Gasteiger partial charge in [0.25, 0.3) is 0 Å². The van der Waals surface area contributed by atoms with Crippen LogP contribution < -0.4 is 16.0 Å². The molecule has 12 nitrogen and oxygen atoms in total. The average Bonchev–Trinajstić information content (AvgIpc) is 3.38. The Hall–Kier alpha value is -4.24. The number of carbonyl (C=O) groups excluding carboxylic acids is 2. The van der Waals surface area contributed by atoms with Gasteiger partial charge in [-0.3, -0.25) is 14.5 Å². The van der Waals surface area contributed by atoms with E-state index in [0.29, 0.717) is 63.8 Å². The number of pyridine rings is 1. The Morgan fingerprint density at radius 2 is 1.95 bits per heavy atom. The SMILES string of the molecule is C/C=C\C(=O)NCC(=O)N1CCN(Cc2cc3c(N4CCOC[C@@H]4C)nc(-c4cnc(N)cc4C(F)(F)F)nn3c2)CC1. The van der Waals surface area contributed by atoms with E-state index in [1.54, 1.807) is 28.6 Å². The Bertz CT molecular complexity index is 1520. The average molecular weight is 602 g/mol. The standard InChI is InChI=1S/C28H34F3N9O3/c1-3-4-24(41)34-14-25(42)38-7-5-37(6-8-38)15-19-11-22-27(39-9-10-43-17-18(39)2)35-26(36-40(22)16-19)20-13-33-23(32)12-21(20)28(29,30)31/h3-4,11-13,16,18H,5-10,14-15,17H2,1-2H3,(H2,32,33)(H,34,41)/b4-3-/t18-/m0/s1. The van der Waals surface area contributed by atoms with Gasteiger partial charge in [-0.2, -0.15) is 13.2 Å². The van der Waals surface area contributed by atoms with Gasteiger partial charge in [-0.05, 0) is 37.6 Å². The van der Waals surface area contributed by atoms with Crippen LogP contribution in [-0.2, 0) is 27.0 Å². The number of piperazine rings is 1. The number of anilines is 2. The van der Waals surface area contributed by atoms with Gasteiger partial charge in [0.15, 0.2) is 11.6 Å². The summed E-state index contributed by atoms with van der Waals surface area (Å²) >= 11 is 0. The maximum atomic E-state index is 14.0. The summed E-state index contributed by atoms with van der Waals surface area (Å²) in [5.41, 5.74) is 5.93. The van der Waals surface area contributed by atoms with Crippen molar-refractivity contribution in [2.75, 3.05) is 63.1 Å². The summed E-state index contributed by atoms with van der Waals surface area (Å²) in [5.74, 6) is -0.309. The molecule has 0 unspecified atom stereocenters. The third-order valence-corrected chi connectivity index (χ3v) is 7.47. The summed E-state index contributed by atoms with van der Waals surface area (Å²) in [6, 6.07) is 2.68. The molecule has 0 bridgehead atoms. The smallest absolute Gasteiger partial charge is 0.384 e. The van der Waals surface area contributed by atoms with Crippen LogP contribution in [0.4, 0.5) is 24.8 Å². The molecule has 2 saturated heterocycles. The third-order valence-electron chi connectivity index (χ3n) is 7.47.